The van der Waals surface area contributed by atoms with Gasteiger partial charge in [0.2, 0.25) is 0 Å². The van der Waals surface area contributed by atoms with E-state index in [1.54, 1.807) is 4.88 Å². The standard InChI is InChI=1S/C14H24N2S/c1-3-15-13-8-12(10-16(4-2)11-13)9-14-6-5-7-17-14/h5-7,12-13,15H,3-4,8-11H2,1-2H3. The summed E-state index contributed by atoms with van der Waals surface area (Å²) >= 11 is 1.90. The van der Waals surface area contributed by atoms with Gasteiger partial charge in [0, 0.05) is 24.0 Å². The molecule has 1 N–H and O–H groups in total. The lowest BCUT2D eigenvalue weighted by Gasteiger charge is -2.37. The first kappa shape index (κ1) is 13.1. The second-order valence-corrected chi connectivity index (χ2v) is 6.02. The third-order valence-electron chi connectivity index (χ3n) is 3.62. The van der Waals surface area contributed by atoms with Crippen LogP contribution in [0.1, 0.15) is 25.1 Å². The van der Waals surface area contributed by atoms with Crippen LogP contribution in [0.25, 0.3) is 0 Å². The van der Waals surface area contributed by atoms with Gasteiger partial charge in [-0.25, -0.2) is 0 Å². The Kier molecular flexibility index (Phi) is 5.01. The van der Waals surface area contributed by atoms with Crippen LogP contribution >= 0.6 is 11.3 Å². The van der Waals surface area contributed by atoms with E-state index in [1.165, 1.54) is 32.5 Å². The van der Waals surface area contributed by atoms with E-state index in [2.05, 4.69) is 41.6 Å². The van der Waals surface area contributed by atoms with Crippen molar-refractivity contribution in [1.82, 2.24) is 10.2 Å². The van der Waals surface area contributed by atoms with Gasteiger partial charge in [0.1, 0.15) is 0 Å². The highest BCUT2D eigenvalue weighted by Gasteiger charge is 2.25. The van der Waals surface area contributed by atoms with Crippen molar-refractivity contribution in [2.75, 3.05) is 26.2 Å². The minimum absolute atomic E-state index is 0.693. The van der Waals surface area contributed by atoms with Crippen molar-refractivity contribution in [2.45, 2.75) is 32.7 Å². The summed E-state index contributed by atoms with van der Waals surface area (Å²) in [5.41, 5.74) is 0. The quantitative estimate of drug-likeness (QED) is 0.866. The average molecular weight is 252 g/mol. The summed E-state index contributed by atoms with van der Waals surface area (Å²) in [5, 5.41) is 5.81. The van der Waals surface area contributed by atoms with E-state index in [9.17, 15) is 0 Å². The van der Waals surface area contributed by atoms with Crippen LogP contribution in [0.4, 0.5) is 0 Å². The van der Waals surface area contributed by atoms with Gasteiger partial charge in [-0.1, -0.05) is 19.9 Å². The molecule has 2 rings (SSSR count). The van der Waals surface area contributed by atoms with Gasteiger partial charge in [-0.2, -0.15) is 0 Å². The fourth-order valence-electron chi connectivity index (χ4n) is 2.86. The molecule has 2 heterocycles. The van der Waals surface area contributed by atoms with Gasteiger partial charge in [0.25, 0.3) is 0 Å². The van der Waals surface area contributed by atoms with Crippen molar-refractivity contribution in [3.05, 3.63) is 22.4 Å². The number of piperidine rings is 1. The number of thiophene rings is 1. The van der Waals surface area contributed by atoms with Crippen LogP contribution in [0.3, 0.4) is 0 Å². The number of likely N-dealkylation sites (N-methyl/N-ethyl adjacent to an activating group) is 2. The first-order valence-electron chi connectivity index (χ1n) is 6.80. The van der Waals surface area contributed by atoms with E-state index in [-0.39, 0.29) is 0 Å². The molecule has 3 heteroatoms. The highest BCUT2D eigenvalue weighted by atomic mass is 32.1. The average Bonchev–Trinajstić information content (AvgIpc) is 2.82. The molecular formula is C14H24N2S. The van der Waals surface area contributed by atoms with Crippen LogP contribution in [0, 0.1) is 5.92 Å². The molecule has 1 aliphatic rings. The van der Waals surface area contributed by atoms with Crippen LogP contribution in [0.2, 0.25) is 0 Å². The van der Waals surface area contributed by atoms with Crippen molar-refractivity contribution in [3.8, 4) is 0 Å². The predicted molar refractivity (Wildman–Crippen MR) is 75.7 cm³/mol. The molecule has 0 amide bonds. The zero-order chi connectivity index (χ0) is 12.1. The van der Waals surface area contributed by atoms with Gasteiger partial charge >= 0.3 is 0 Å². The number of hydrogen-bond donors (Lipinski definition) is 1. The molecule has 1 aliphatic heterocycles. The molecule has 0 bridgehead atoms. The number of hydrogen-bond acceptors (Lipinski definition) is 3. The van der Waals surface area contributed by atoms with Crippen LogP contribution in [-0.4, -0.2) is 37.1 Å². The summed E-state index contributed by atoms with van der Waals surface area (Å²) < 4.78 is 0. The van der Waals surface area contributed by atoms with E-state index in [0.29, 0.717) is 6.04 Å². The van der Waals surface area contributed by atoms with E-state index >= 15 is 0 Å². The molecule has 1 aromatic heterocycles. The van der Waals surface area contributed by atoms with Crippen LogP contribution in [0.5, 0.6) is 0 Å². The molecule has 0 spiro atoms. The first-order valence-corrected chi connectivity index (χ1v) is 7.67. The van der Waals surface area contributed by atoms with Gasteiger partial charge in [-0.3, -0.25) is 0 Å². The van der Waals surface area contributed by atoms with E-state index in [4.69, 9.17) is 0 Å². The molecule has 2 atom stereocenters. The molecule has 1 saturated heterocycles. The Morgan fingerprint density at radius 2 is 2.29 bits per heavy atom. The van der Waals surface area contributed by atoms with Crippen molar-refractivity contribution >= 4 is 11.3 Å². The van der Waals surface area contributed by atoms with Gasteiger partial charge < -0.3 is 10.2 Å². The highest BCUT2D eigenvalue weighted by molar-refractivity contribution is 7.09. The Hall–Kier alpha value is -0.380. The van der Waals surface area contributed by atoms with Crippen LogP contribution in [-0.2, 0) is 6.42 Å². The Balaban J connectivity index is 1.91. The third-order valence-corrected chi connectivity index (χ3v) is 4.52. The third kappa shape index (κ3) is 3.80. The minimum atomic E-state index is 0.693. The lowest BCUT2D eigenvalue weighted by Crippen LogP contribution is -2.49. The summed E-state index contributed by atoms with van der Waals surface area (Å²) in [6.07, 6.45) is 2.60. The highest BCUT2D eigenvalue weighted by Crippen LogP contribution is 2.23. The summed E-state index contributed by atoms with van der Waals surface area (Å²) in [6, 6.07) is 5.14. The molecule has 0 aliphatic carbocycles. The second kappa shape index (κ2) is 6.53. The van der Waals surface area contributed by atoms with Crippen molar-refractivity contribution in [3.63, 3.8) is 0 Å². The zero-order valence-corrected chi connectivity index (χ0v) is 11.8. The minimum Gasteiger partial charge on any atom is -0.313 e. The van der Waals surface area contributed by atoms with Gasteiger partial charge in [0.05, 0.1) is 0 Å². The Labute approximate surface area is 109 Å². The second-order valence-electron chi connectivity index (χ2n) is 4.99. The lowest BCUT2D eigenvalue weighted by molar-refractivity contribution is 0.148. The molecule has 1 fully saturated rings. The number of nitrogens with one attached hydrogen (secondary N) is 1. The smallest absolute Gasteiger partial charge is 0.0198 e. The predicted octanol–water partition coefficient (Wildman–Crippen LogP) is 2.61. The monoisotopic (exact) mass is 252 g/mol. The molecule has 2 unspecified atom stereocenters. The number of likely N-dealkylation sites (tertiary alicyclic amines) is 1. The Morgan fingerprint density at radius 3 is 2.94 bits per heavy atom. The summed E-state index contributed by atoms with van der Waals surface area (Å²) in [4.78, 5) is 4.14. The molecule has 2 nitrogen and oxygen atoms in total. The van der Waals surface area contributed by atoms with Crippen LogP contribution < -0.4 is 5.32 Å². The SMILES string of the molecule is CCNC1CC(Cc2cccs2)CN(CC)C1. The van der Waals surface area contributed by atoms with Crippen LogP contribution in [0.15, 0.2) is 17.5 Å². The maximum atomic E-state index is 3.62. The zero-order valence-electron chi connectivity index (χ0n) is 11.0. The summed E-state index contributed by atoms with van der Waals surface area (Å²) in [7, 11) is 0. The number of rotatable bonds is 5. The summed E-state index contributed by atoms with van der Waals surface area (Å²) in [6.45, 7) is 9.26. The fraction of sp³-hybridized carbons (Fsp3) is 0.714. The van der Waals surface area contributed by atoms with E-state index in [1.807, 2.05) is 11.3 Å². The van der Waals surface area contributed by atoms with Gasteiger partial charge in [0.15, 0.2) is 0 Å². The molecule has 1 aromatic rings. The molecule has 17 heavy (non-hydrogen) atoms. The Morgan fingerprint density at radius 1 is 1.41 bits per heavy atom. The normalized spacial score (nSPS) is 26.2. The number of nitrogens with zero attached hydrogens (tertiary/aromatic N) is 1. The van der Waals surface area contributed by atoms with Gasteiger partial charge in [-0.05, 0) is 43.3 Å². The van der Waals surface area contributed by atoms with Gasteiger partial charge in [-0.15, -0.1) is 11.3 Å². The molecule has 0 aromatic carbocycles. The van der Waals surface area contributed by atoms with Crippen molar-refractivity contribution < 1.29 is 0 Å². The van der Waals surface area contributed by atoms with E-state index < -0.39 is 0 Å². The molecular weight excluding hydrogens is 228 g/mol. The van der Waals surface area contributed by atoms with Crippen molar-refractivity contribution in [2.24, 2.45) is 5.92 Å². The maximum absolute atomic E-state index is 3.62. The van der Waals surface area contributed by atoms with E-state index in [0.717, 1.165) is 12.5 Å². The first-order chi connectivity index (χ1) is 8.31. The fourth-order valence-corrected chi connectivity index (χ4v) is 3.68. The largest absolute Gasteiger partial charge is 0.313 e. The summed E-state index contributed by atoms with van der Waals surface area (Å²) in [5.74, 6) is 0.825. The van der Waals surface area contributed by atoms with Crippen molar-refractivity contribution in [1.29, 1.82) is 0 Å². The molecule has 96 valence electrons. The topological polar surface area (TPSA) is 15.3 Å². The Bertz CT molecular complexity index is 310. The molecule has 0 saturated carbocycles. The maximum Gasteiger partial charge on any atom is 0.0198 e. The molecule has 0 radical (unpaired) electrons. The lowest BCUT2D eigenvalue weighted by atomic mass is 9.91.